The maximum Gasteiger partial charge on any atom is 0.309 e. The number of benzene rings is 2. The summed E-state index contributed by atoms with van der Waals surface area (Å²) in [6.07, 6.45) is -0.400. The van der Waals surface area contributed by atoms with E-state index in [1.54, 1.807) is 0 Å². The predicted octanol–water partition coefficient (Wildman–Crippen LogP) is 5.59. The summed E-state index contributed by atoms with van der Waals surface area (Å²) in [6.45, 7) is 2.95. The van der Waals surface area contributed by atoms with Crippen molar-refractivity contribution in [3.8, 4) is 11.5 Å². The maximum atomic E-state index is 14.2. The number of carbonyl (C=O) groups excluding carboxylic acids is 2. The lowest BCUT2D eigenvalue weighted by Gasteiger charge is -2.26. The minimum absolute atomic E-state index is 0.0764. The molecule has 0 amide bonds. The molecule has 2 atom stereocenters. The van der Waals surface area contributed by atoms with Crippen molar-refractivity contribution in [2.75, 3.05) is 7.11 Å². The summed E-state index contributed by atoms with van der Waals surface area (Å²) in [5.41, 5.74) is 0.154. The molecule has 1 heterocycles. The summed E-state index contributed by atoms with van der Waals surface area (Å²) in [4.78, 5) is 25.6. The Hall–Kier alpha value is -3.43. The van der Waals surface area contributed by atoms with Gasteiger partial charge in [0, 0.05) is 18.4 Å². The fourth-order valence-electron chi connectivity index (χ4n) is 3.90. The Morgan fingerprint density at radius 1 is 1.03 bits per heavy atom. The van der Waals surface area contributed by atoms with Gasteiger partial charge in [0.05, 0.1) is 23.1 Å². The van der Waals surface area contributed by atoms with E-state index in [4.69, 9.17) is 32.7 Å². The number of rotatable bonds is 9. The number of hydrogen-bond donors (Lipinski definition) is 1. The normalized spacial score (nSPS) is 12.8. The minimum atomic E-state index is -1.02. The molecule has 0 aliphatic heterocycles. The van der Waals surface area contributed by atoms with Gasteiger partial charge in [0.1, 0.15) is 17.7 Å². The number of ether oxygens (including phenoxy) is 2. The van der Waals surface area contributed by atoms with Crippen LogP contribution in [0.5, 0.6) is 11.5 Å². The number of methoxy groups -OCH3 is 1. The van der Waals surface area contributed by atoms with E-state index in [0.29, 0.717) is 11.1 Å². The molecule has 0 aliphatic carbocycles. The summed E-state index contributed by atoms with van der Waals surface area (Å²) < 4.78 is 39.2. The van der Waals surface area contributed by atoms with E-state index in [1.807, 2.05) is 0 Å². The van der Waals surface area contributed by atoms with Crippen LogP contribution in [0.3, 0.4) is 0 Å². The molecule has 0 radical (unpaired) electrons. The van der Waals surface area contributed by atoms with Crippen LogP contribution in [-0.2, 0) is 9.53 Å². The van der Waals surface area contributed by atoms with Crippen LogP contribution in [0, 0.1) is 22.8 Å². The number of pyridine rings is 1. The van der Waals surface area contributed by atoms with Gasteiger partial charge in [-0.2, -0.15) is 4.73 Å². The summed E-state index contributed by atoms with van der Waals surface area (Å²) >= 11 is 11.6. The van der Waals surface area contributed by atoms with Gasteiger partial charge in [-0.3, -0.25) is 9.59 Å². The van der Waals surface area contributed by atoms with Gasteiger partial charge in [0.25, 0.3) is 0 Å². The Kier molecular flexibility index (Phi) is 8.94. The van der Waals surface area contributed by atoms with Crippen molar-refractivity contribution < 1.29 is 37.7 Å². The highest BCUT2D eigenvalue weighted by Crippen LogP contribution is 2.34. The molecule has 0 aliphatic rings. The highest BCUT2D eigenvalue weighted by atomic mass is 35.5. The molecule has 0 spiro atoms. The van der Waals surface area contributed by atoms with Crippen molar-refractivity contribution in [3.63, 3.8) is 0 Å². The average molecular weight is 554 g/mol. The molecule has 0 unspecified atom stereocenters. The lowest BCUT2D eigenvalue weighted by molar-refractivity contribution is -0.608. The Morgan fingerprint density at radius 2 is 1.57 bits per heavy atom. The molecule has 1 aromatic heterocycles. The number of ketones is 1. The molecular weight excluding hydrogens is 531 g/mol. The number of hydrogen-bond acceptors (Lipinski definition) is 6. The van der Waals surface area contributed by atoms with Crippen LogP contribution in [0.15, 0.2) is 48.7 Å². The third-order valence-electron chi connectivity index (χ3n) is 5.79. The number of aromatic hydroxyl groups is 1. The van der Waals surface area contributed by atoms with E-state index < -0.39 is 59.2 Å². The van der Waals surface area contributed by atoms with E-state index in [-0.39, 0.29) is 20.5 Å². The van der Waals surface area contributed by atoms with Crippen molar-refractivity contribution in [1.29, 1.82) is 0 Å². The second kappa shape index (κ2) is 11.7. The molecule has 1 N–H and O–H groups in total. The zero-order valence-electron chi connectivity index (χ0n) is 20.0. The van der Waals surface area contributed by atoms with Crippen LogP contribution >= 0.6 is 23.2 Å². The molecule has 196 valence electrons. The predicted molar refractivity (Wildman–Crippen MR) is 132 cm³/mol. The molecule has 7 nitrogen and oxygen atoms in total. The summed E-state index contributed by atoms with van der Waals surface area (Å²) in [6, 6.07) is 9.24. The zero-order chi connectivity index (χ0) is 27.4. The maximum absolute atomic E-state index is 14.2. The SMILES string of the molecule is COc1cc[n+]([O-])c(C(=O)C[C@@H](C)C(=O)O[C@@H](C)C(c2ccc(Cl)c(F)c2)c2ccc(Cl)c(F)c2)c1O. The Bertz CT molecular complexity index is 1290. The van der Waals surface area contributed by atoms with Crippen LogP contribution in [-0.4, -0.2) is 30.1 Å². The first-order valence-corrected chi connectivity index (χ1v) is 11.8. The monoisotopic (exact) mass is 553 g/mol. The largest absolute Gasteiger partial charge is 0.618 e. The van der Waals surface area contributed by atoms with Gasteiger partial charge in [0.15, 0.2) is 11.9 Å². The first kappa shape index (κ1) is 28.1. The van der Waals surface area contributed by atoms with Crippen LogP contribution in [0.25, 0.3) is 0 Å². The highest BCUT2D eigenvalue weighted by Gasteiger charge is 2.32. The standard InChI is InChI=1S/C26H23Cl2F2NO6/c1-13(10-21(32)24-25(33)22(36-3)8-9-31(24)35)26(34)37-14(2)23(15-4-6-17(27)19(29)11-15)16-5-7-18(28)20(30)12-16/h4-9,11-14,23,33H,10H2,1-3H3/t13-,14+/m1/s1. The van der Waals surface area contributed by atoms with E-state index in [1.165, 1.54) is 51.3 Å². The molecule has 0 fully saturated rings. The van der Waals surface area contributed by atoms with E-state index in [2.05, 4.69) is 0 Å². The van der Waals surface area contributed by atoms with Crippen molar-refractivity contribution >= 4 is 35.0 Å². The second-order valence-electron chi connectivity index (χ2n) is 8.40. The molecule has 3 rings (SSSR count). The van der Waals surface area contributed by atoms with E-state index in [0.717, 1.165) is 18.3 Å². The minimum Gasteiger partial charge on any atom is -0.618 e. The third-order valence-corrected chi connectivity index (χ3v) is 6.41. The summed E-state index contributed by atoms with van der Waals surface area (Å²) in [5, 5.41) is 22.0. The zero-order valence-corrected chi connectivity index (χ0v) is 21.5. The van der Waals surface area contributed by atoms with Crippen molar-refractivity contribution in [2.24, 2.45) is 5.92 Å². The van der Waals surface area contributed by atoms with Crippen LogP contribution in [0.4, 0.5) is 8.78 Å². The van der Waals surface area contributed by atoms with Gasteiger partial charge in [-0.05, 0) is 42.3 Å². The van der Waals surface area contributed by atoms with Gasteiger partial charge in [-0.15, -0.1) is 0 Å². The number of nitrogens with zero attached hydrogens (tertiary/aromatic N) is 1. The number of halogens is 4. The highest BCUT2D eigenvalue weighted by molar-refractivity contribution is 6.31. The first-order chi connectivity index (χ1) is 17.4. The quantitative estimate of drug-likeness (QED) is 0.160. The Morgan fingerprint density at radius 3 is 2.05 bits per heavy atom. The smallest absolute Gasteiger partial charge is 0.309 e. The lowest BCUT2D eigenvalue weighted by atomic mass is 9.87. The summed E-state index contributed by atoms with van der Waals surface area (Å²) in [5.74, 6) is -5.57. The molecule has 0 bridgehead atoms. The van der Waals surface area contributed by atoms with Crippen molar-refractivity contribution in [1.82, 2.24) is 0 Å². The number of Topliss-reactive ketones (excluding diaryl/α,β-unsaturated/α-hetero) is 1. The van der Waals surface area contributed by atoms with Gasteiger partial charge in [-0.1, -0.05) is 42.3 Å². The van der Waals surface area contributed by atoms with E-state index >= 15 is 0 Å². The number of esters is 1. The van der Waals surface area contributed by atoms with Crippen molar-refractivity contribution in [2.45, 2.75) is 32.3 Å². The second-order valence-corrected chi connectivity index (χ2v) is 9.22. The van der Waals surface area contributed by atoms with Crippen LogP contribution in [0.1, 0.15) is 47.8 Å². The summed E-state index contributed by atoms with van der Waals surface area (Å²) in [7, 11) is 1.26. The molecule has 2 aromatic carbocycles. The fraction of sp³-hybridized carbons (Fsp3) is 0.269. The lowest BCUT2D eigenvalue weighted by Crippen LogP contribution is -2.35. The average Bonchev–Trinajstić information content (AvgIpc) is 2.83. The Labute approximate surface area is 221 Å². The Balaban J connectivity index is 1.84. The molecule has 0 saturated heterocycles. The molecular formula is C26H23Cl2F2NO6. The van der Waals surface area contributed by atoms with Gasteiger partial charge < -0.3 is 19.8 Å². The van der Waals surface area contributed by atoms with Gasteiger partial charge >= 0.3 is 11.7 Å². The molecule has 0 saturated carbocycles. The van der Waals surface area contributed by atoms with Crippen LogP contribution in [0.2, 0.25) is 10.0 Å². The van der Waals surface area contributed by atoms with E-state index in [9.17, 15) is 28.7 Å². The number of aromatic nitrogens is 1. The molecule has 11 heteroatoms. The topological polar surface area (TPSA) is 99.8 Å². The number of carbonyl (C=O) groups is 2. The van der Waals surface area contributed by atoms with Gasteiger partial charge in [0.2, 0.25) is 11.5 Å². The molecule has 3 aromatic rings. The van der Waals surface area contributed by atoms with Gasteiger partial charge in [-0.25, -0.2) is 8.78 Å². The third kappa shape index (κ3) is 6.29. The van der Waals surface area contributed by atoms with Crippen LogP contribution < -0.4 is 9.47 Å². The van der Waals surface area contributed by atoms with Crippen molar-refractivity contribution in [3.05, 3.63) is 92.4 Å². The molecule has 37 heavy (non-hydrogen) atoms. The first-order valence-electron chi connectivity index (χ1n) is 11.1. The fourth-order valence-corrected chi connectivity index (χ4v) is 4.14.